The molecular formula is C37H38N2O11. The molecule has 2 aliphatic heterocycles. The molecular weight excluding hydrogens is 648 g/mol. The number of ether oxygens (including phenoxy) is 3. The summed E-state index contributed by atoms with van der Waals surface area (Å²) in [6.45, 7) is 3.21. The summed E-state index contributed by atoms with van der Waals surface area (Å²) >= 11 is 0. The molecule has 2 heterocycles. The molecule has 13 heteroatoms. The van der Waals surface area contributed by atoms with Crippen LogP contribution in [0.3, 0.4) is 0 Å². The molecule has 5 N–H and O–H groups in total. The first-order chi connectivity index (χ1) is 23.9. The van der Waals surface area contributed by atoms with E-state index in [0.717, 1.165) is 18.7 Å². The number of phenols is 2. The number of fused-ring (bicyclic) bond motifs is 4. The number of anilines is 1. The van der Waals surface area contributed by atoms with E-state index in [2.05, 4.69) is 11.0 Å². The Kier molecular flexibility index (Phi) is 8.51. The molecule has 7 rings (SSSR count). The highest BCUT2D eigenvalue weighted by Gasteiger charge is 2.50. The van der Waals surface area contributed by atoms with Crippen molar-refractivity contribution in [3.05, 3.63) is 81.4 Å². The summed E-state index contributed by atoms with van der Waals surface area (Å²) in [5.41, 5.74) is -1.42. The standard InChI is InChI=1S/C37H38N2O11/c1-17-32(42)22(38-18(2)39-12-11-19-7-4-5-9-23(19)39)13-27(49-17)50-25-15-37(47,26(41)16-40)14-21-29(25)36(46)31-30(34(21)44)33(43)20-8-6-10-24(48-3)28(20)35(31)45/h4-10,17,22,25,27,32,40,42,44,46-47H,11-16H2,1-3H3/t17?,22?,25-,27?,32?,37?/m0/s1. The number of Topliss-reactive ketones (excluding diaryl/α,β-unsaturated/α-hetero) is 1. The van der Waals surface area contributed by atoms with Crippen LogP contribution in [0.5, 0.6) is 17.2 Å². The Bertz CT molecular complexity index is 1960. The van der Waals surface area contributed by atoms with Gasteiger partial charge in [0.25, 0.3) is 0 Å². The number of benzene rings is 3. The molecule has 1 fully saturated rings. The van der Waals surface area contributed by atoms with E-state index in [1.165, 1.54) is 30.9 Å². The molecule has 0 amide bonds. The van der Waals surface area contributed by atoms with Gasteiger partial charge in [0.05, 0.1) is 42.0 Å². The van der Waals surface area contributed by atoms with E-state index >= 15 is 0 Å². The fourth-order valence-electron chi connectivity index (χ4n) is 7.80. The molecule has 0 bridgehead atoms. The van der Waals surface area contributed by atoms with Gasteiger partial charge in [-0.15, -0.1) is 0 Å². The van der Waals surface area contributed by atoms with Crippen molar-refractivity contribution in [3.63, 3.8) is 0 Å². The van der Waals surface area contributed by atoms with Crippen molar-refractivity contribution in [2.75, 3.05) is 25.2 Å². The highest BCUT2D eigenvalue weighted by Crippen LogP contribution is 2.52. The number of para-hydroxylation sites is 1. The molecule has 0 radical (unpaired) electrons. The van der Waals surface area contributed by atoms with Gasteiger partial charge >= 0.3 is 0 Å². The Morgan fingerprint density at radius 3 is 2.54 bits per heavy atom. The fourth-order valence-corrected chi connectivity index (χ4v) is 7.80. The fraction of sp³-hybridized carbons (Fsp3) is 0.405. The van der Waals surface area contributed by atoms with Crippen LogP contribution in [0, 0.1) is 0 Å². The van der Waals surface area contributed by atoms with E-state index in [1.54, 1.807) is 6.92 Å². The normalized spacial score (nSPS) is 27.4. The van der Waals surface area contributed by atoms with Crippen LogP contribution in [0.25, 0.3) is 0 Å². The van der Waals surface area contributed by atoms with Crippen molar-refractivity contribution in [1.29, 1.82) is 0 Å². The topological polar surface area (TPSA) is 196 Å². The number of hydrogen-bond donors (Lipinski definition) is 5. The molecule has 50 heavy (non-hydrogen) atoms. The van der Waals surface area contributed by atoms with Gasteiger partial charge in [-0.1, -0.05) is 30.3 Å². The summed E-state index contributed by atoms with van der Waals surface area (Å²) in [6.07, 6.45) is -4.41. The van der Waals surface area contributed by atoms with Crippen LogP contribution in [0.2, 0.25) is 0 Å². The quantitative estimate of drug-likeness (QED) is 0.113. The molecule has 4 aliphatic rings. The van der Waals surface area contributed by atoms with Crippen molar-refractivity contribution in [1.82, 2.24) is 0 Å². The summed E-state index contributed by atoms with van der Waals surface area (Å²) < 4.78 is 17.7. The van der Waals surface area contributed by atoms with Crippen LogP contribution in [0.1, 0.15) is 81.3 Å². The van der Waals surface area contributed by atoms with Crippen molar-refractivity contribution in [3.8, 4) is 17.2 Å². The summed E-state index contributed by atoms with van der Waals surface area (Å²) in [6, 6.07) is 11.7. The number of aliphatic hydroxyl groups excluding tert-OH is 2. The van der Waals surface area contributed by atoms with Crippen LogP contribution < -0.4 is 9.64 Å². The third-order valence-corrected chi connectivity index (χ3v) is 10.4. The summed E-state index contributed by atoms with van der Waals surface area (Å²) in [5.74, 6) is -3.08. The average molecular weight is 687 g/mol. The number of aliphatic imine (C=N–C) groups is 1. The highest BCUT2D eigenvalue weighted by atomic mass is 16.7. The molecule has 0 aromatic heterocycles. The number of carbonyl (C=O) groups excluding carboxylic acids is 3. The number of aromatic hydroxyl groups is 2. The number of nitrogens with zero attached hydrogens (tertiary/aromatic N) is 2. The maximum atomic E-state index is 13.9. The SMILES string of the molecule is COc1cccc2c1C(=O)c1c(O)c3c(c(O)c1C2=O)CC(O)(C(=O)CO)C[C@@H]3OC1CC(N=C(C)N2CCc3ccccc32)C(O)C(C)O1. The number of hydrogen-bond acceptors (Lipinski definition) is 12. The smallest absolute Gasteiger partial charge is 0.202 e. The van der Waals surface area contributed by atoms with Crippen molar-refractivity contribution in [2.24, 2.45) is 4.99 Å². The van der Waals surface area contributed by atoms with Gasteiger partial charge in [0, 0.05) is 48.2 Å². The van der Waals surface area contributed by atoms with Gasteiger partial charge < -0.3 is 44.6 Å². The first-order valence-electron chi connectivity index (χ1n) is 16.5. The van der Waals surface area contributed by atoms with Crippen LogP contribution in [0.4, 0.5) is 5.69 Å². The minimum atomic E-state index is -2.27. The van der Waals surface area contributed by atoms with Gasteiger partial charge in [0.2, 0.25) is 5.78 Å². The Balaban J connectivity index is 1.27. The predicted molar refractivity (Wildman–Crippen MR) is 178 cm³/mol. The van der Waals surface area contributed by atoms with Crippen LogP contribution in [0.15, 0.2) is 47.5 Å². The monoisotopic (exact) mass is 686 g/mol. The zero-order valence-electron chi connectivity index (χ0n) is 27.8. The van der Waals surface area contributed by atoms with E-state index in [-0.39, 0.29) is 34.4 Å². The minimum Gasteiger partial charge on any atom is -0.507 e. The number of amidine groups is 1. The predicted octanol–water partition coefficient (Wildman–Crippen LogP) is 2.52. The number of rotatable bonds is 6. The number of aliphatic hydroxyl groups is 3. The van der Waals surface area contributed by atoms with Crippen molar-refractivity contribution >= 4 is 28.9 Å². The maximum absolute atomic E-state index is 13.9. The van der Waals surface area contributed by atoms with E-state index in [0.29, 0.717) is 5.84 Å². The molecule has 13 nitrogen and oxygen atoms in total. The molecule has 3 aromatic rings. The molecule has 0 saturated carbocycles. The highest BCUT2D eigenvalue weighted by molar-refractivity contribution is 6.31. The third kappa shape index (κ3) is 5.28. The zero-order valence-corrected chi connectivity index (χ0v) is 27.8. The summed E-state index contributed by atoms with van der Waals surface area (Å²) in [7, 11) is 1.33. The maximum Gasteiger partial charge on any atom is 0.202 e. The van der Waals surface area contributed by atoms with Gasteiger partial charge in [-0.05, 0) is 38.0 Å². The van der Waals surface area contributed by atoms with Crippen molar-refractivity contribution < 1.29 is 54.1 Å². The first-order valence-corrected chi connectivity index (χ1v) is 16.5. The lowest BCUT2D eigenvalue weighted by molar-refractivity contribution is -0.247. The minimum absolute atomic E-state index is 0.0379. The lowest BCUT2D eigenvalue weighted by Crippen LogP contribution is -2.50. The van der Waals surface area contributed by atoms with Gasteiger partial charge in [0.15, 0.2) is 17.9 Å². The second kappa shape index (κ2) is 12.6. The lowest BCUT2D eigenvalue weighted by atomic mass is 9.72. The lowest BCUT2D eigenvalue weighted by Gasteiger charge is -2.42. The first kappa shape index (κ1) is 33.8. The molecule has 6 atom stereocenters. The summed E-state index contributed by atoms with van der Waals surface area (Å²) in [5, 5.41) is 55.8. The van der Waals surface area contributed by atoms with E-state index in [4.69, 9.17) is 19.2 Å². The van der Waals surface area contributed by atoms with Gasteiger partial charge in [-0.3, -0.25) is 19.4 Å². The van der Waals surface area contributed by atoms with Gasteiger partial charge in [0.1, 0.15) is 41.4 Å². The van der Waals surface area contributed by atoms with E-state index in [9.17, 15) is 39.9 Å². The van der Waals surface area contributed by atoms with Crippen LogP contribution in [-0.4, -0.2) is 99.1 Å². The van der Waals surface area contributed by atoms with Crippen LogP contribution in [-0.2, 0) is 27.1 Å². The zero-order chi connectivity index (χ0) is 35.6. The van der Waals surface area contributed by atoms with E-state index in [1.807, 2.05) is 25.1 Å². The van der Waals surface area contributed by atoms with Gasteiger partial charge in [-0.25, -0.2) is 0 Å². The Morgan fingerprint density at radius 2 is 1.80 bits per heavy atom. The molecule has 2 aliphatic carbocycles. The number of phenolic OH excluding ortho intramolecular Hbond substituents is 2. The molecule has 3 aromatic carbocycles. The van der Waals surface area contributed by atoms with Gasteiger partial charge in [-0.2, -0.15) is 0 Å². The summed E-state index contributed by atoms with van der Waals surface area (Å²) in [4.78, 5) is 47.5. The Labute approximate surface area is 287 Å². The second-order valence-corrected chi connectivity index (χ2v) is 13.3. The Morgan fingerprint density at radius 1 is 1.06 bits per heavy atom. The van der Waals surface area contributed by atoms with E-state index < -0.39 is 95.7 Å². The number of carbonyl (C=O) groups is 3. The molecule has 1 saturated heterocycles. The van der Waals surface area contributed by atoms with Crippen LogP contribution >= 0.6 is 0 Å². The second-order valence-electron chi connectivity index (χ2n) is 13.3. The largest absolute Gasteiger partial charge is 0.507 e. The number of methoxy groups -OCH3 is 1. The molecule has 0 spiro atoms. The Hall–Kier alpha value is -4.66. The molecule has 262 valence electrons. The van der Waals surface area contributed by atoms with Crippen molar-refractivity contribution in [2.45, 2.75) is 75.8 Å². The third-order valence-electron chi connectivity index (χ3n) is 10.4. The number of ketones is 3. The average Bonchev–Trinajstić information content (AvgIpc) is 3.54. The molecule has 5 unspecified atom stereocenters.